The van der Waals surface area contributed by atoms with E-state index in [1.165, 1.54) is 15.8 Å². The Morgan fingerprint density at radius 3 is 2.79 bits per heavy atom. The van der Waals surface area contributed by atoms with Crippen LogP contribution in [0.3, 0.4) is 0 Å². The van der Waals surface area contributed by atoms with Gasteiger partial charge >= 0.3 is 0 Å². The van der Waals surface area contributed by atoms with Crippen molar-refractivity contribution in [1.82, 2.24) is 4.98 Å². The molecular weight excluding hydrogens is 274 g/mol. The molecule has 0 amide bonds. The molecular formula is C16H14ClNS. The molecule has 0 radical (unpaired) electrons. The van der Waals surface area contributed by atoms with Crippen molar-refractivity contribution in [2.75, 3.05) is 0 Å². The van der Waals surface area contributed by atoms with Gasteiger partial charge in [0.25, 0.3) is 0 Å². The second kappa shape index (κ2) is 5.32. The maximum absolute atomic E-state index is 6.51. The van der Waals surface area contributed by atoms with Crippen molar-refractivity contribution in [3.8, 4) is 0 Å². The Labute approximate surface area is 121 Å². The average molecular weight is 288 g/mol. The van der Waals surface area contributed by atoms with Gasteiger partial charge in [0.15, 0.2) is 0 Å². The third-order valence-corrected chi connectivity index (χ3v) is 4.56. The number of benzene rings is 2. The molecule has 0 aliphatic heterocycles. The van der Waals surface area contributed by atoms with Crippen LogP contribution in [0.4, 0.5) is 0 Å². The molecule has 0 N–H and O–H groups in total. The predicted octanol–water partition coefficient (Wildman–Crippen LogP) is 5.13. The van der Waals surface area contributed by atoms with Gasteiger partial charge in [-0.05, 0) is 24.6 Å². The Morgan fingerprint density at radius 2 is 2.00 bits per heavy atom. The van der Waals surface area contributed by atoms with Gasteiger partial charge in [0.2, 0.25) is 0 Å². The van der Waals surface area contributed by atoms with Crippen molar-refractivity contribution in [3.05, 3.63) is 64.7 Å². The van der Waals surface area contributed by atoms with Crippen LogP contribution in [0.15, 0.2) is 48.5 Å². The van der Waals surface area contributed by atoms with E-state index >= 15 is 0 Å². The first kappa shape index (κ1) is 12.6. The number of hydrogen-bond donors (Lipinski definition) is 0. The molecule has 0 aliphatic rings. The van der Waals surface area contributed by atoms with Gasteiger partial charge in [-0.15, -0.1) is 22.9 Å². The lowest BCUT2D eigenvalue weighted by atomic mass is 10.1. The maximum atomic E-state index is 6.51. The standard InChI is InChI=1S/C16H14ClNS/c1-11-5-4-6-12(9-11)13(17)10-16-18-14-7-2-3-8-15(14)19-16/h2-9,13H,10H2,1H3. The SMILES string of the molecule is Cc1cccc(C(Cl)Cc2nc3ccccc3s2)c1. The molecule has 96 valence electrons. The maximum Gasteiger partial charge on any atom is 0.0956 e. The van der Waals surface area contributed by atoms with Crippen LogP contribution in [0.5, 0.6) is 0 Å². The Morgan fingerprint density at radius 1 is 1.16 bits per heavy atom. The molecule has 1 unspecified atom stereocenters. The molecule has 0 aliphatic carbocycles. The highest BCUT2D eigenvalue weighted by Crippen LogP contribution is 2.29. The summed E-state index contributed by atoms with van der Waals surface area (Å²) in [7, 11) is 0. The minimum atomic E-state index is -0.0135. The molecule has 2 aromatic carbocycles. The lowest BCUT2D eigenvalue weighted by Gasteiger charge is -2.08. The fourth-order valence-corrected chi connectivity index (χ4v) is 3.53. The van der Waals surface area contributed by atoms with E-state index < -0.39 is 0 Å². The van der Waals surface area contributed by atoms with Crippen LogP contribution < -0.4 is 0 Å². The van der Waals surface area contributed by atoms with Gasteiger partial charge < -0.3 is 0 Å². The number of aromatic nitrogens is 1. The van der Waals surface area contributed by atoms with Crippen molar-refractivity contribution in [3.63, 3.8) is 0 Å². The molecule has 0 fully saturated rings. The number of alkyl halides is 1. The van der Waals surface area contributed by atoms with Gasteiger partial charge in [0.1, 0.15) is 0 Å². The summed E-state index contributed by atoms with van der Waals surface area (Å²) in [5, 5.41) is 1.09. The van der Waals surface area contributed by atoms with Crippen LogP contribution in [0, 0.1) is 6.92 Å². The topological polar surface area (TPSA) is 12.9 Å². The van der Waals surface area contributed by atoms with Gasteiger partial charge in [-0.2, -0.15) is 0 Å². The molecule has 19 heavy (non-hydrogen) atoms. The normalized spacial score (nSPS) is 12.7. The van der Waals surface area contributed by atoms with Crippen LogP contribution in [-0.2, 0) is 6.42 Å². The molecule has 0 spiro atoms. The van der Waals surface area contributed by atoms with E-state index in [1.54, 1.807) is 11.3 Å². The number of halogens is 1. The summed E-state index contributed by atoms with van der Waals surface area (Å²) < 4.78 is 1.23. The summed E-state index contributed by atoms with van der Waals surface area (Å²) in [6, 6.07) is 16.6. The number of para-hydroxylation sites is 1. The van der Waals surface area contributed by atoms with E-state index in [9.17, 15) is 0 Å². The van der Waals surface area contributed by atoms with Crippen LogP contribution >= 0.6 is 22.9 Å². The van der Waals surface area contributed by atoms with Gasteiger partial charge in [-0.1, -0.05) is 42.0 Å². The second-order valence-corrected chi connectivity index (χ2v) is 6.30. The Kier molecular flexibility index (Phi) is 3.54. The van der Waals surface area contributed by atoms with E-state index in [0.29, 0.717) is 0 Å². The number of aryl methyl sites for hydroxylation is 1. The van der Waals surface area contributed by atoms with E-state index in [-0.39, 0.29) is 5.38 Å². The van der Waals surface area contributed by atoms with Gasteiger partial charge in [-0.25, -0.2) is 4.98 Å². The zero-order valence-corrected chi connectivity index (χ0v) is 12.2. The lowest BCUT2D eigenvalue weighted by molar-refractivity contribution is 0.909. The number of nitrogens with zero attached hydrogens (tertiary/aromatic N) is 1. The zero-order valence-electron chi connectivity index (χ0n) is 10.6. The smallest absolute Gasteiger partial charge is 0.0956 e. The molecule has 0 saturated carbocycles. The Bertz CT molecular complexity index is 672. The second-order valence-electron chi connectivity index (χ2n) is 4.66. The van der Waals surface area contributed by atoms with Crippen molar-refractivity contribution in [2.24, 2.45) is 0 Å². The first-order valence-electron chi connectivity index (χ1n) is 6.27. The summed E-state index contributed by atoms with van der Waals surface area (Å²) in [6.45, 7) is 2.09. The first-order chi connectivity index (χ1) is 9.22. The molecule has 1 heterocycles. The number of hydrogen-bond acceptors (Lipinski definition) is 2. The van der Waals surface area contributed by atoms with Crippen LogP contribution in [0.2, 0.25) is 0 Å². The fourth-order valence-electron chi connectivity index (χ4n) is 2.14. The Hall–Kier alpha value is -1.38. The summed E-state index contributed by atoms with van der Waals surface area (Å²) in [5.41, 5.74) is 3.48. The minimum Gasteiger partial charge on any atom is -0.241 e. The number of rotatable bonds is 3. The van der Waals surface area contributed by atoms with E-state index in [0.717, 1.165) is 16.9 Å². The number of thiazole rings is 1. The Balaban J connectivity index is 1.84. The third kappa shape index (κ3) is 2.80. The predicted molar refractivity (Wildman–Crippen MR) is 83.1 cm³/mol. The van der Waals surface area contributed by atoms with Crippen LogP contribution in [0.25, 0.3) is 10.2 Å². The van der Waals surface area contributed by atoms with Gasteiger partial charge in [-0.3, -0.25) is 0 Å². The highest BCUT2D eigenvalue weighted by atomic mass is 35.5. The monoisotopic (exact) mass is 287 g/mol. The van der Waals surface area contributed by atoms with E-state index in [4.69, 9.17) is 11.6 Å². The molecule has 0 bridgehead atoms. The molecule has 3 rings (SSSR count). The number of fused-ring (bicyclic) bond motifs is 1. The summed E-state index contributed by atoms with van der Waals surface area (Å²) >= 11 is 8.24. The van der Waals surface area contributed by atoms with Crippen LogP contribution in [-0.4, -0.2) is 4.98 Å². The first-order valence-corrected chi connectivity index (χ1v) is 7.53. The van der Waals surface area contributed by atoms with E-state index in [1.807, 2.05) is 18.2 Å². The summed E-state index contributed by atoms with van der Waals surface area (Å²) in [5.74, 6) is 0. The molecule has 3 aromatic rings. The average Bonchev–Trinajstić information content (AvgIpc) is 2.80. The summed E-state index contributed by atoms with van der Waals surface area (Å²) in [6.07, 6.45) is 0.782. The van der Waals surface area contributed by atoms with E-state index in [2.05, 4.69) is 42.2 Å². The lowest BCUT2D eigenvalue weighted by Crippen LogP contribution is -1.95. The van der Waals surface area contributed by atoms with Crippen molar-refractivity contribution < 1.29 is 0 Å². The summed E-state index contributed by atoms with van der Waals surface area (Å²) in [4.78, 5) is 4.63. The van der Waals surface area contributed by atoms with Gasteiger partial charge in [0.05, 0.1) is 20.6 Å². The largest absolute Gasteiger partial charge is 0.241 e. The van der Waals surface area contributed by atoms with Crippen molar-refractivity contribution >= 4 is 33.2 Å². The molecule has 1 atom stereocenters. The fraction of sp³-hybridized carbons (Fsp3) is 0.188. The minimum absolute atomic E-state index is 0.0135. The van der Waals surface area contributed by atoms with Crippen molar-refractivity contribution in [2.45, 2.75) is 18.7 Å². The molecule has 1 aromatic heterocycles. The quantitative estimate of drug-likeness (QED) is 0.609. The highest BCUT2D eigenvalue weighted by molar-refractivity contribution is 7.18. The molecule has 1 nitrogen and oxygen atoms in total. The van der Waals surface area contributed by atoms with Crippen molar-refractivity contribution in [1.29, 1.82) is 0 Å². The van der Waals surface area contributed by atoms with Gasteiger partial charge in [0, 0.05) is 6.42 Å². The highest BCUT2D eigenvalue weighted by Gasteiger charge is 2.12. The molecule has 0 saturated heterocycles. The zero-order chi connectivity index (χ0) is 13.2. The van der Waals surface area contributed by atoms with Crippen LogP contribution in [0.1, 0.15) is 21.5 Å². The molecule has 3 heteroatoms. The third-order valence-electron chi connectivity index (χ3n) is 3.10.